The van der Waals surface area contributed by atoms with Gasteiger partial charge in [-0.05, 0) is 49.4 Å². The normalized spacial score (nSPS) is 15.7. The van der Waals surface area contributed by atoms with E-state index in [0.29, 0.717) is 10.5 Å². The summed E-state index contributed by atoms with van der Waals surface area (Å²) in [5, 5.41) is 5.12. The lowest BCUT2D eigenvalue weighted by atomic mass is 10.1. The second-order valence-corrected chi connectivity index (χ2v) is 8.53. The van der Waals surface area contributed by atoms with E-state index in [2.05, 4.69) is 10.6 Å². The highest BCUT2D eigenvalue weighted by molar-refractivity contribution is 8.18. The van der Waals surface area contributed by atoms with E-state index in [4.69, 9.17) is 0 Å². The van der Waals surface area contributed by atoms with Crippen molar-refractivity contribution in [3.05, 3.63) is 76.2 Å². The lowest BCUT2D eigenvalue weighted by Gasteiger charge is -2.15. The van der Waals surface area contributed by atoms with E-state index in [9.17, 15) is 19.2 Å². The predicted octanol–water partition coefficient (Wildman–Crippen LogP) is 3.36. The Morgan fingerprint density at radius 3 is 2.44 bits per heavy atom. The van der Waals surface area contributed by atoms with E-state index in [0.717, 1.165) is 27.8 Å². The Labute approximate surface area is 191 Å². The highest BCUT2D eigenvalue weighted by Gasteiger charge is 2.34. The zero-order valence-corrected chi connectivity index (χ0v) is 18.8. The van der Waals surface area contributed by atoms with Crippen molar-refractivity contribution in [2.75, 3.05) is 13.1 Å². The predicted molar refractivity (Wildman–Crippen MR) is 125 cm³/mol. The molecule has 32 heavy (non-hydrogen) atoms. The molecule has 0 aliphatic carbocycles. The lowest BCUT2D eigenvalue weighted by Crippen LogP contribution is -2.40. The summed E-state index contributed by atoms with van der Waals surface area (Å²) in [4.78, 5) is 50.6. The van der Waals surface area contributed by atoms with Gasteiger partial charge in [0.15, 0.2) is 0 Å². The van der Waals surface area contributed by atoms with Crippen LogP contribution < -0.4 is 10.6 Å². The molecule has 2 N–H and O–H groups in total. The van der Waals surface area contributed by atoms with E-state index in [1.807, 2.05) is 37.3 Å². The van der Waals surface area contributed by atoms with Gasteiger partial charge < -0.3 is 10.6 Å². The molecule has 1 heterocycles. The second kappa shape index (κ2) is 10.8. The number of imide groups is 1. The van der Waals surface area contributed by atoms with Crippen LogP contribution in [0.4, 0.5) is 4.79 Å². The van der Waals surface area contributed by atoms with Crippen molar-refractivity contribution in [2.24, 2.45) is 0 Å². The van der Waals surface area contributed by atoms with Gasteiger partial charge in [-0.3, -0.25) is 24.1 Å². The van der Waals surface area contributed by atoms with Gasteiger partial charge in [0.2, 0.25) is 5.91 Å². The zero-order chi connectivity index (χ0) is 23.1. The highest BCUT2D eigenvalue weighted by Crippen LogP contribution is 2.31. The average molecular weight is 452 g/mol. The van der Waals surface area contributed by atoms with E-state index < -0.39 is 0 Å². The van der Waals surface area contributed by atoms with Crippen molar-refractivity contribution >= 4 is 40.8 Å². The van der Waals surface area contributed by atoms with Crippen LogP contribution >= 0.6 is 11.8 Å². The summed E-state index contributed by atoms with van der Waals surface area (Å²) in [6, 6.07) is 16.1. The summed E-state index contributed by atoms with van der Waals surface area (Å²) in [5.41, 5.74) is 2.48. The van der Waals surface area contributed by atoms with Gasteiger partial charge >= 0.3 is 0 Å². The van der Waals surface area contributed by atoms with E-state index in [1.165, 1.54) is 0 Å². The van der Waals surface area contributed by atoms with Crippen molar-refractivity contribution in [3.8, 4) is 0 Å². The smallest absolute Gasteiger partial charge is 0.293 e. The number of carbonyl (C=O) groups excluding carboxylic acids is 4. The van der Waals surface area contributed by atoms with Crippen molar-refractivity contribution in [1.82, 2.24) is 15.5 Å². The molecule has 2 aromatic rings. The first-order valence-corrected chi connectivity index (χ1v) is 11.1. The molecule has 2 aromatic carbocycles. The molecule has 8 heteroatoms. The Morgan fingerprint density at radius 1 is 1.06 bits per heavy atom. The largest absolute Gasteiger partial charge is 0.354 e. The number of rotatable bonds is 8. The fourth-order valence-corrected chi connectivity index (χ4v) is 3.98. The van der Waals surface area contributed by atoms with Crippen LogP contribution in [0.3, 0.4) is 0 Å². The van der Waals surface area contributed by atoms with Gasteiger partial charge in [-0.2, -0.15) is 0 Å². The molecule has 0 spiro atoms. The summed E-state index contributed by atoms with van der Waals surface area (Å²) < 4.78 is 0. The van der Waals surface area contributed by atoms with Crippen molar-refractivity contribution < 1.29 is 19.2 Å². The fourth-order valence-electron chi connectivity index (χ4n) is 3.11. The molecule has 1 saturated heterocycles. The molecule has 4 amide bonds. The number of hydrogen-bond donors (Lipinski definition) is 2. The molecule has 3 rings (SSSR count). The molecule has 1 fully saturated rings. The molecule has 1 aliphatic rings. The summed E-state index contributed by atoms with van der Waals surface area (Å²) in [5.74, 6) is -0.879. The number of benzene rings is 2. The monoisotopic (exact) mass is 451 g/mol. The first-order chi connectivity index (χ1) is 15.3. The molecule has 0 bridgehead atoms. The van der Waals surface area contributed by atoms with Crippen molar-refractivity contribution in [2.45, 2.75) is 26.3 Å². The molecule has 1 aliphatic heterocycles. The third kappa shape index (κ3) is 6.31. The summed E-state index contributed by atoms with van der Waals surface area (Å²) in [7, 11) is 0. The Bertz CT molecular complexity index is 1030. The maximum Gasteiger partial charge on any atom is 0.293 e. The number of aryl methyl sites for hydroxylation is 1. The third-order valence-electron chi connectivity index (χ3n) is 4.81. The van der Waals surface area contributed by atoms with E-state index >= 15 is 0 Å². The van der Waals surface area contributed by atoms with Gasteiger partial charge in [-0.25, -0.2) is 0 Å². The van der Waals surface area contributed by atoms with E-state index in [1.54, 1.807) is 37.3 Å². The standard InChI is InChI=1S/C24H25N3O4S/c1-16-8-10-18(11-9-16)15-20-23(30)27(24(31)32-20)13-12-25-21(28)14-17(2)26-22(29)19-6-4-3-5-7-19/h3-11,15,17H,12-14H2,1-2H3,(H,25,28)(H,26,29)/b20-15+. The van der Waals surface area contributed by atoms with Gasteiger partial charge in [0.1, 0.15) is 0 Å². The van der Waals surface area contributed by atoms with Crippen LogP contribution in [-0.4, -0.2) is 47.0 Å². The first kappa shape index (κ1) is 23.3. The van der Waals surface area contributed by atoms with Gasteiger partial charge in [-0.15, -0.1) is 0 Å². The number of nitrogens with zero attached hydrogens (tertiary/aromatic N) is 1. The van der Waals surface area contributed by atoms with Gasteiger partial charge in [0.05, 0.1) is 4.91 Å². The minimum atomic E-state index is -0.364. The van der Waals surface area contributed by atoms with Crippen LogP contribution in [0.25, 0.3) is 6.08 Å². The van der Waals surface area contributed by atoms with Gasteiger partial charge in [0, 0.05) is 31.1 Å². The van der Waals surface area contributed by atoms with Gasteiger partial charge in [0.25, 0.3) is 17.1 Å². The molecule has 1 unspecified atom stereocenters. The van der Waals surface area contributed by atoms with Crippen LogP contribution in [0, 0.1) is 6.92 Å². The molecular formula is C24H25N3O4S. The summed E-state index contributed by atoms with van der Waals surface area (Å²) in [6.45, 7) is 3.96. The Balaban J connectivity index is 1.44. The molecule has 0 saturated carbocycles. The third-order valence-corrected chi connectivity index (χ3v) is 5.72. The number of carbonyl (C=O) groups is 4. The number of amides is 4. The zero-order valence-electron chi connectivity index (χ0n) is 18.0. The van der Waals surface area contributed by atoms with Crippen molar-refractivity contribution in [3.63, 3.8) is 0 Å². The topological polar surface area (TPSA) is 95.6 Å². The lowest BCUT2D eigenvalue weighted by molar-refractivity contribution is -0.124. The number of hydrogen-bond acceptors (Lipinski definition) is 5. The Morgan fingerprint density at radius 2 is 1.75 bits per heavy atom. The minimum Gasteiger partial charge on any atom is -0.354 e. The van der Waals surface area contributed by atoms with Crippen LogP contribution in [0.5, 0.6) is 0 Å². The second-order valence-electron chi connectivity index (χ2n) is 7.54. The summed E-state index contributed by atoms with van der Waals surface area (Å²) in [6.07, 6.45) is 1.79. The number of nitrogens with one attached hydrogen (secondary N) is 2. The Kier molecular flexibility index (Phi) is 7.83. The molecule has 166 valence electrons. The average Bonchev–Trinajstić information content (AvgIpc) is 3.03. The van der Waals surface area contributed by atoms with Crippen LogP contribution in [0.1, 0.15) is 34.8 Å². The number of thioether (sulfide) groups is 1. The Hall–Kier alpha value is -3.39. The summed E-state index contributed by atoms with van der Waals surface area (Å²) >= 11 is 0.893. The molecule has 0 radical (unpaired) electrons. The highest BCUT2D eigenvalue weighted by atomic mass is 32.2. The van der Waals surface area contributed by atoms with Crippen molar-refractivity contribution in [1.29, 1.82) is 0 Å². The van der Waals surface area contributed by atoms with Crippen LogP contribution in [-0.2, 0) is 9.59 Å². The quantitative estimate of drug-likeness (QED) is 0.600. The maximum absolute atomic E-state index is 12.6. The minimum absolute atomic E-state index is 0.0897. The first-order valence-electron chi connectivity index (χ1n) is 10.3. The molecular weight excluding hydrogens is 426 g/mol. The van der Waals surface area contributed by atoms with Crippen LogP contribution in [0.2, 0.25) is 0 Å². The van der Waals surface area contributed by atoms with Gasteiger partial charge in [-0.1, -0.05) is 48.0 Å². The molecule has 0 aromatic heterocycles. The SMILES string of the molecule is Cc1ccc(/C=C2/SC(=O)N(CCNC(=O)CC(C)NC(=O)c3ccccc3)C2=O)cc1. The fraction of sp³-hybridized carbons (Fsp3) is 0.250. The molecule has 7 nitrogen and oxygen atoms in total. The van der Waals surface area contributed by atoms with Crippen LogP contribution in [0.15, 0.2) is 59.5 Å². The maximum atomic E-state index is 12.6. The van der Waals surface area contributed by atoms with E-state index in [-0.39, 0.29) is 48.5 Å². The molecule has 1 atom stereocenters.